The molecule has 24 heavy (non-hydrogen) atoms. The number of nitrogen functional groups attached to an aromatic ring is 1. The zero-order valence-corrected chi connectivity index (χ0v) is 12.5. The molecule has 2 aromatic heterocycles. The summed E-state index contributed by atoms with van der Waals surface area (Å²) in [6, 6.07) is 5.83. The maximum atomic E-state index is 13.1. The van der Waals surface area contributed by atoms with Crippen LogP contribution in [0.1, 0.15) is 17.8 Å². The number of hydrogen-bond acceptors (Lipinski definition) is 5. The van der Waals surface area contributed by atoms with Crippen LogP contribution in [0.5, 0.6) is 0 Å². The Labute approximate surface area is 134 Å². The van der Waals surface area contributed by atoms with Crippen LogP contribution in [0.2, 0.25) is 0 Å². The number of nitrogens with zero attached hydrogens (tertiary/aromatic N) is 3. The van der Waals surface area contributed by atoms with E-state index in [1.54, 1.807) is 16.7 Å². The fourth-order valence-electron chi connectivity index (χ4n) is 2.42. The molecule has 0 aliphatic heterocycles. The summed E-state index contributed by atoms with van der Waals surface area (Å²) in [6.45, 7) is 0.266. The number of hydrogen-bond donors (Lipinski definition) is 3. The molecular weight excluding hydrogens is 317 g/mol. The smallest absolute Gasteiger partial charge is 0.303 e. The van der Waals surface area contributed by atoms with Gasteiger partial charge in [0.25, 0.3) is 5.56 Å². The highest BCUT2D eigenvalue weighted by Crippen LogP contribution is 2.16. The molecular formula is C15H14FN5O3. The number of benzene rings is 1. The summed E-state index contributed by atoms with van der Waals surface area (Å²) in [7, 11) is 0. The Morgan fingerprint density at radius 3 is 2.67 bits per heavy atom. The van der Waals surface area contributed by atoms with Crippen molar-refractivity contribution in [1.82, 2.24) is 19.5 Å². The second kappa shape index (κ2) is 6.11. The first-order chi connectivity index (χ1) is 11.4. The molecule has 0 atom stereocenters. The van der Waals surface area contributed by atoms with Crippen molar-refractivity contribution >= 4 is 23.1 Å². The lowest BCUT2D eigenvalue weighted by atomic mass is 10.2. The summed E-state index contributed by atoms with van der Waals surface area (Å²) in [5, 5.41) is 8.88. The Morgan fingerprint density at radius 1 is 1.29 bits per heavy atom. The van der Waals surface area contributed by atoms with E-state index in [0.717, 1.165) is 5.56 Å². The number of H-pyrrole nitrogens is 1. The van der Waals surface area contributed by atoms with E-state index in [-0.39, 0.29) is 42.3 Å². The van der Waals surface area contributed by atoms with Gasteiger partial charge in [-0.25, -0.2) is 9.37 Å². The van der Waals surface area contributed by atoms with E-state index < -0.39 is 11.5 Å². The Hall–Kier alpha value is -3.23. The van der Waals surface area contributed by atoms with Crippen molar-refractivity contribution in [2.75, 3.05) is 5.73 Å². The summed E-state index contributed by atoms with van der Waals surface area (Å²) in [5.74, 6) is -0.992. The molecule has 0 aliphatic rings. The SMILES string of the molecule is Nc1nc2c(nc(CCC(=O)O)n2Cc2ccc(F)cc2)c(=O)[nH]1. The first kappa shape index (κ1) is 15.7. The zero-order chi connectivity index (χ0) is 17.3. The van der Waals surface area contributed by atoms with Crippen LogP contribution in [0, 0.1) is 5.82 Å². The van der Waals surface area contributed by atoms with E-state index in [1.165, 1.54) is 12.1 Å². The van der Waals surface area contributed by atoms with Gasteiger partial charge in [-0.15, -0.1) is 0 Å². The number of carboxylic acids is 1. The summed E-state index contributed by atoms with van der Waals surface area (Å²) in [6.07, 6.45) is -0.00758. The Kier molecular flexibility index (Phi) is 3.98. The van der Waals surface area contributed by atoms with Gasteiger partial charge in [0, 0.05) is 6.42 Å². The predicted octanol–water partition coefficient (Wildman–Crippen LogP) is 0.906. The lowest BCUT2D eigenvalue weighted by Crippen LogP contribution is -2.12. The van der Waals surface area contributed by atoms with Gasteiger partial charge in [-0.3, -0.25) is 14.6 Å². The highest BCUT2D eigenvalue weighted by molar-refractivity contribution is 5.72. The van der Waals surface area contributed by atoms with Crippen molar-refractivity contribution in [2.24, 2.45) is 0 Å². The molecule has 0 bridgehead atoms. The number of aliphatic carboxylic acids is 1. The lowest BCUT2D eigenvalue weighted by Gasteiger charge is -2.08. The molecule has 0 spiro atoms. The largest absolute Gasteiger partial charge is 0.481 e. The summed E-state index contributed by atoms with van der Waals surface area (Å²) >= 11 is 0. The van der Waals surface area contributed by atoms with Gasteiger partial charge in [0.1, 0.15) is 11.6 Å². The van der Waals surface area contributed by atoms with Crippen molar-refractivity contribution in [1.29, 1.82) is 0 Å². The molecule has 0 aliphatic carbocycles. The van der Waals surface area contributed by atoms with Gasteiger partial charge >= 0.3 is 5.97 Å². The van der Waals surface area contributed by atoms with E-state index in [1.807, 2.05) is 0 Å². The van der Waals surface area contributed by atoms with Gasteiger partial charge in [-0.2, -0.15) is 4.98 Å². The topological polar surface area (TPSA) is 127 Å². The third kappa shape index (κ3) is 3.09. The molecule has 124 valence electrons. The molecule has 0 radical (unpaired) electrons. The first-order valence-electron chi connectivity index (χ1n) is 7.15. The van der Waals surface area contributed by atoms with Crippen molar-refractivity contribution in [2.45, 2.75) is 19.4 Å². The van der Waals surface area contributed by atoms with Crippen LogP contribution in [0.25, 0.3) is 11.2 Å². The molecule has 4 N–H and O–H groups in total. The van der Waals surface area contributed by atoms with Gasteiger partial charge in [0.15, 0.2) is 11.2 Å². The molecule has 0 fully saturated rings. The Bertz CT molecular complexity index is 962. The normalized spacial score (nSPS) is 11.0. The number of imidazole rings is 1. The molecule has 3 aromatic rings. The molecule has 9 heteroatoms. The second-order valence-corrected chi connectivity index (χ2v) is 5.26. The number of aromatic nitrogens is 4. The number of anilines is 1. The van der Waals surface area contributed by atoms with Gasteiger partial charge in [-0.1, -0.05) is 12.1 Å². The van der Waals surface area contributed by atoms with Crippen molar-refractivity contribution in [3.8, 4) is 0 Å². The fourth-order valence-corrected chi connectivity index (χ4v) is 2.42. The minimum Gasteiger partial charge on any atom is -0.481 e. The van der Waals surface area contributed by atoms with Crippen LogP contribution in [0.15, 0.2) is 29.1 Å². The van der Waals surface area contributed by atoms with Crippen LogP contribution >= 0.6 is 0 Å². The van der Waals surface area contributed by atoms with Crippen LogP contribution in [-0.4, -0.2) is 30.6 Å². The highest BCUT2D eigenvalue weighted by Gasteiger charge is 2.16. The average molecular weight is 331 g/mol. The first-order valence-corrected chi connectivity index (χ1v) is 7.15. The second-order valence-electron chi connectivity index (χ2n) is 5.26. The molecule has 2 heterocycles. The van der Waals surface area contributed by atoms with Gasteiger partial charge in [0.2, 0.25) is 5.95 Å². The molecule has 0 unspecified atom stereocenters. The number of carbonyl (C=O) groups is 1. The summed E-state index contributed by atoms with van der Waals surface area (Å²) in [5.41, 5.74) is 6.20. The molecule has 1 aromatic carbocycles. The van der Waals surface area contributed by atoms with Crippen LogP contribution in [-0.2, 0) is 17.8 Å². The molecule has 0 saturated heterocycles. The van der Waals surface area contributed by atoms with Gasteiger partial charge in [-0.05, 0) is 17.7 Å². The Balaban J connectivity index is 2.10. The minimum absolute atomic E-state index is 0.0578. The molecule has 3 rings (SSSR count). The minimum atomic E-state index is -0.975. The average Bonchev–Trinajstić information content (AvgIpc) is 2.86. The maximum absolute atomic E-state index is 13.1. The predicted molar refractivity (Wildman–Crippen MR) is 84.0 cm³/mol. The van der Waals surface area contributed by atoms with Crippen LogP contribution in [0.4, 0.5) is 10.3 Å². The number of nitrogens with two attached hydrogens (primary N) is 1. The van der Waals surface area contributed by atoms with E-state index in [4.69, 9.17) is 10.8 Å². The fraction of sp³-hybridized carbons (Fsp3) is 0.200. The van der Waals surface area contributed by atoms with Gasteiger partial charge in [0.05, 0.1) is 13.0 Å². The van der Waals surface area contributed by atoms with Crippen LogP contribution in [0.3, 0.4) is 0 Å². The zero-order valence-electron chi connectivity index (χ0n) is 12.5. The number of nitrogens with one attached hydrogen (secondary N) is 1. The number of fused-ring (bicyclic) bond motifs is 1. The van der Waals surface area contributed by atoms with Crippen molar-refractivity contribution in [3.05, 3.63) is 51.8 Å². The summed E-state index contributed by atoms with van der Waals surface area (Å²) in [4.78, 5) is 33.5. The van der Waals surface area contributed by atoms with Gasteiger partial charge < -0.3 is 15.4 Å². The molecule has 8 nitrogen and oxygen atoms in total. The van der Waals surface area contributed by atoms with E-state index >= 15 is 0 Å². The van der Waals surface area contributed by atoms with Crippen molar-refractivity contribution in [3.63, 3.8) is 0 Å². The number of halogens is 1. The van der Waals surface area contributed by atoms with Crippen molar-refractivity contribution < 1.29 is 14.3 Å². The maximum Gasteiger partial charge on any atom is 0.303 e. The van der Waals surface area contributed by atoms with E-state index in [9.17, 15) is 14.0 Å². The third-order valence-electron chi connectivity index (χ3n) is 3.52. The monoisotopic (exact) mass is 331 g/mol. The molecule has 0 amide bonds. The third-order valence-corrected chi connectivity index (χ3v) is 3.52. The Morgan fingerprint density at radius 2 is 2.00 bits per heavy atom. The van der Waals surface area contributed by atoms with E-state index in [0.29, 0.717) is 5.82 Å². The lowest BCUT2D eigenvalue weighted by molar-refractivity contribution is -0.137. The number of rotatable bonds is 5. The molecule has 0 saturated carbocycles. The van der Waals surface area contributed by atoms with Crippen LogP contribution < -0.4 is 11.3 Å². The van der Waals surface area contributed by atoms with E-state index in [2.05, 4.69) is 15.0 Å². The number of aromatic amines is 1. The standard InChI is InChI=1S/C15H14FN5O3/c16-9-3-1-8(2-4-9)7-21-10(5-6-11(22)23)18-12-13(21)19-15(17)20-14(12)24/h1-4H,5-7H2,(H,22,23)(H3,17,19,20,24). The number of aryl methyl sites for hydroxylation is 1. The number of carboxylic acid groups (broad SMARTS) is 1. The highest BCUT2D eigenvalue weighted by atomic mass is 19.1. The quantitative estimate of drug-likeness (QED) is 0.637. The summed E-state index contributed by atoms with van der Waals surface area (Å²) < 4.78 is 14.7.